The zero-order valence-corrected chi connectivity index (χ0v) is 8.86. The van der Waals surface area contributed by atoms with Crippen LogP contribution in [0.1, 0.15) is 10.4 Å². The van der Waals surface area contributed by atoms with Gasteiger partial charge in [0.2, 0.25) is 0 Å². The number of rotatable bonds is 2. The Balaban J connectivity index is 2.69. The van der Waals surface area contributed by atoms with Crippen molar-refractivity contribution in [1.29, 1.82) is 0 Å². The Kier molecular flexibility index (Phi) is 3.42. The predicted octanol–water partition coefficient (Wildman–Crippen LogP) is 0.542. The average Bonchev–Trinajstić information content (AvgIpc) is 2.07. The molecule has 1 N–H and O–H groups in total. The fourth-order valence-corrected chi connectivity index (χ4v) is 1.23. The number of carbonyl (C=O) groups excluding carboxylic acids is 1. The molecule has 1 aromatic carbocycles. The maximum atomic E-state index is 11.1. The van der Waals surface area contributed by atoms with E-state index in [2.05, 4.69) is 5.32 Å². The van der Waals surface area contributed by atoms with E-state index in [-0.39, 0.29) is 5.91 Å². The van der Waals surface area contributed by atoms with Gasteiger partial charge in [-0.2, -0.15) is 0 Å². The molecular formula is C8H8NOSn. The van der Waals surface area contributed by atoms with E-state index in [4.69, 9.17) is 0 Å². The van der Waals surface area contributed by atoms with Crippen LogP contribution in [-0.2, 0) is 0 Å². The molecule has 0 atom stereocenters. The van der Waals surface area contributed by atoms with Gasteiger partial charge in [-0.05, 0) is 0 Å². The van der Waals surface area contributed by atoms with E-state index < -0.39 is 0 Å². The van der Waals surface area contributed by atoms with Crippen LogP contribution in [0.4, 0.5) is 0 Å². The zero-order valence-electron chi connectivity index (χ0n) is 6.00. The SMILES string of the molecule is O=C(N[CH2][Sn])c1ccccc1. The second kappa shape index (κ2) is 4.38. The Morgan fingerprint density at radius 1 is 1.36 bits per heavy atom. The molecular weight excluding hydrogens is 245 g/mol. The second-order valence-electron chi connectivity index (χ2n) is 2.05. The number of hydrogen-bond acceptors (Lipinski definition) is 1. The molecule has 0 saturated carbocycles. The van der Waals surface area contributed by atoms with E-state index in [1.165, 1.54) is 22.5 Å². The monoisotopic (exact) mass is 254 g/mol. The first-order valence-electron chi connectivity index (χ1n) is 3.32. The van der Waals surface area contributed by atoms with E-state index in [9.17, 15) is 4.79 Å². The fourth-order valence-electron chi connectivity index (χ4n) is 0.772. The van der Waals surface area contributed by atoms with Gasteiger partial charge in [0.15, 0.2) is 0 Å². The van der Waals surface area contributed by atoms with Crippen LogP contribution in [0.15, 0.2) is 30.3 Å². The van der Waals surface area contributed by atoms with Gasteiger partial charge in [0.05, 0.1) is 0 Å². The quantitative estimate of drug-likeness (QED) is 0.766. The Hall–Kier alpha value is -0.511. The predicted molar refractivity (Wildman–Crippen MR) is 44.5 cm³/mol. The number of hydrogen-bond donors (Lipinski definition) is 1. The van der Waals surface area contributed by atoms with Crippen molar-refractivity contribution >= 4 is 28.4 Å². The first kappa shape index (κ1) is 8.58. The third-order valence-corrected chi connectivity index (χ3v) is 1.79. The Labute approximate surface area is 79.1 Å². The summed E-state index contributed by atoms with van der Waals surface area (Å²) < 4.78 is 0.764. The minimum atomic E-state index is 0.0161. The van der Waals surface area contributed by atoms with Gasteiger partial charge in [0.1, 0.15) is 0 Å². The van der Waals surface area contributed by atoms with Gasteiger partial charge in [-0.25, -0.2) is 0 Å². The van der Waals surface area contributed by atoms with E-state index in [1.807, 2.05) is 18.2 Å². The van der Waals surface area contributed by atoms with Crippen molar-refractivity contribution in [3.05, 3.63) is 35.9 Å². The van der Waals surface area contributed by atoms with Crippen molar-refractivity contribution in [3.63, 3.8) is 0 Å². The number of nitrogens with one attached hydrogen (secondary N) is 1. The molecule has 11 heavy (non-hydrogen) atoms. The van der Waals surface area contributed by atoms with Gasteiger partial charge in [-0.1, -0.05) is 0 Å². The Morgan fingerprint density at radius 3 is 2.55 bits per heavy atom. The summed E-state index contributed by atoms with van der Waals surface area (Å²) in [5.74, 6) is 0.0161. The zero-order chi connectivity index (χ0) is 8.10. The van der Waals surface area contributed by atoms with Crippen LogP contribution >= 0.6 is 0 Å². The first-order chi connectivity index (χ1) is 5.34. The third kappa shape index (κ3) is 2.53. The standard InChI is InChI=1S/C8H8NO.Sn/c1-9-8(10)7-5-3-2-4-6-7;/h2-6H,1H2,(H,9,10);. The van der Waals surface area contributed by atoms with Crippen molar-refractivity contribution in [2.24, 2.45) is 0 Å². The van der Waals surface area contributed by atoms with Crippen LogP contribution in [0.25, 0.3) is 0 Å². The minimum absolute atomic E-state index is 0.0161. The molecule has 3 heteroatoms. The van der Waals surface area contributed by atoms with Crippen LogP contribution in [0.2, 0.25) is 0 Å². The molecule has 1 aromatic rings. The summed E-state index contributed by atoms with van der Waals surface area (Å²) in [4.78, 5) is 11.1. The second-order valence-corrected chi connectivity index (χ2v) is 3.06. The van der Waals surface area contributed by atoms with Gasteiger partial charge >= 0.3 is 79.0 Å². The van der Waals surface area contributed by atoms with Gasteiger partial charge in [0.25, 0.3) is 0 Å². The van der Waals surface area contributed by atoms with Crippen LogP contribution in [0, 0.1) is 0 Å². The summed E-state index contributed by atoms with van der Waals surface area (Å²) in [5.41, 5.74) is 0.731. The molecule has 3 radical (unpaired) electrons. The number of carbonyl (C=O) groups is 1. The average molecular weight is 253 g/mol. The van der Waals surface area contributed by atoms with Crippen LogP contribution < -0.4 is 5.32 Å². The number of benzene rings is 1. The van der Waals surface area contributed by atoms with Crippen molar-refractivity contribution < 1.29 is 4.79 Å². The Bertz CT molecular complexity index is 235. The molecule has 0 heterocycles. The van der Waals surface area contributed by atoms with E-state index in [1.54, 1.807) is 12.1 Å². The van der Waals surface area contributed by atoms with E-state index >= 15 is 0 Å². The molecule has 0 bridgehead atoms. The van der Waals surface area contributed by atoms with Gasteiger partial charge in [-0.3, -0.25) is 0 Å². The van der Waals surface area contributed by atoms with Crippen LogP contribution in [0.3, 0.4) is 0 Å². The van der Waals surface area contributed by atoms with Crippen LogP contribution in [-0.4, -0.2) is 33.0 Å². The molecule has 0 unspecified atom stereocenters. The molecule has 1 rings (SSSR count). The third-order valence-electron chi connectivity index (χ3n) is 1.28. The molecule has 0 aliphatic heterocycles. The summed E-state index contributed by atoms with van der Waals surface area (Å²) in [5, 5.41) is 2.76. The number of amides is 1. The van der Waals surface area contributed by atoms with Crippen molar-refractivity contribution in [1.82, 2.24) is 5.32 Å². The molecule has 55 valence electrons. The molecule has 0 aliphatic rings. The summed E-state index contributed by atoms with van der Waals surface area (Å²) in [6.45, 7) is 0. The van der Waals surface area contributed by atoms with Gasteiger partial charge in [-0.15, -0.1) is 0 Å². The fraction of sp³-hybridized carbons (Fsp3) is 0.125. The van der Waals surface area contributed by atoms with Crippen molar-refractivity contribution in [3.8, 4) is 0 Å². The molecule has 0 spiro atoms. The van der Waals surface area contributed by atoms with Crippen LogP contribution in [0.5, 0.6) is 0 Å². The van der Waals surface area contributed by atoms with Crippen molar-refractivity contribution in [2.75, 3.05) is 4.56 Å². The van der Waals surface area contributed by atoms with Gasteiger partial charge < -0.3 is 0 Å². The Morgan fingerprint density at radius 2 is 2.00 bits per heavy atom. The topological polar surface area (TPSA) is 29.1 Å². The molecule has 0 aliphatic carbocycles. The molecule has 1 amide bonds. The summed E-state index contributed by atoms with van der Waals surface area (Å²) in [7, 11) is 0. The molecule has 0 saturated heterocycles. The molecule has 0 fully saturated rings. The summed E-state index contributed by atoms with van der Waals surface area (Å²) in [6.07, 6.45) is 0. The molecule has 2 nitrogen and oxygen atoms in total. The molecule has 0 aromatic heterocycles. The first-order valence-corrected chi connectivity index (χ1v) is 5.34. The van der Waals surface area contributed by atoms with E-state index in [0.29, 0.717) is 0 Å². The van der Waals surface area contributed by atoms with E-state index in [0.717, 1.165) is 10.1 Å². The summed E-state index contributed by atoms with van der Waals surface area (Å²) in [6, 6.07) is 9.23. The normalized spacial score (nSPS) is 9.18. The summed E-state index contributed by atoms with van der Waals surface area (Å²) >= 11 is 1.32. The van der Waals surface area contributed by atoms with Crippen molar-refractivity contribution in [2.45, 2.75) is 0 Å². The maximum absolute atomic E-state index is 11.1. The van der Waals surface area contributed by atoms with Gasteiger partial charge in [0, 0.05) is 0 Å².